The number of fused-ring (bicyclic) bond motifs is 1. The second-order valence-corrected chi connectivity index (χ2v) is 5.11. The maximum atomic E-state index is 12.6. The minimum atomic E-state index is -0.0772. The number of para-hydroxylation sites is 2. The summed E-state index contributed by atoms with van der Waals surface area (Å²) in [6, 6.07) is 15.7. The molecule has 0 aliphatic rings. The van der Waals surface area contributed by atoms with E-state index < -0.39 is 0 Å². The van der Waals surface area contributed by atoms with Gasteiger partial charge in [-0.2, -0.15) is 0 Å². The van der Waals surface area contributed by atoms with Crippen LogP contribution in [0.25, 0.3) is 10.9 Å². The molecule has 106 valence electrons. The number of hydrogen-bond acceptors (Lipinski definition) is 1. The van der Waals surface area contributed by atoms with Crippen LogP contribution in [0.1, 0.15) is 29.3 Å². The van der Waals surface area contributed by atoms with Crippen molar-refractivity contribution >= 4 is 22.5 Å². The number of hydrogen-bond donors (Lipinski definition) is 2. The van der Waals surface area contributed by atoms with Crippen LogP contribution in [0, 0.1) is 0 Å². The standard InChI is InChI=1S/C18H18N2O/c1-2-6-13-7-3-4-10-16(13)20-18(21)15-9-5-8-14-11-12-19-17(14)15/h3-5,7-12,19H,2,6H2,1H3,(H,20,21). The number of aromatic nitrogens is 1. The van der Waals surface area contributed by atoms with Crippen LogP contribution in [0.2, 0.25) is 0 Å². The van der Waals surface area contributed by atoms with Crippen LogP contribution in [-0.2, 0) is 6.42 Å². The zero-order valence-corrected chi connectivity index (χ0v) is 12.0. The van der Waals surface area contributed by atoms with Crippen molar-refractivity contribution in [2.45, 2.75) is 19.8 Å². The third-order valence-corrected chi connectivity index (χ3v) is 3.62. The Kier molecular flexibility index (Phi) is 3.73. The summed E-state index contributed by atoms with van der Waals surface area (Å²) in [6.07, 6.45) is 3.87. The molecule has 1 heterocycles. The molecule has 3 aromatic rings. The molecule has 0 bridgehead atoms. The smallest absolute Gasteiger partial charge is 0.257 e. The summed E-state index contributed by atoms with van der Waals surface area (Å²) < 4.78 is 0. The first-order valence-corrected chi connectivity index (χ1v) is 7.25. The summed E-state index contributed by atoms with van der Waals surface area (Å²) in [5, 5.41) is 4.08. The Morgan fingerprint density at radius 2 is 1.95 bits per heavy atom. The largest absolute Gasteiger partial charge is 0.361 e. The number of H-pyrrole nitrogens is 1. The van der Waals surface area contributed by atoms with Gasteiger partial charge in [-0.05, 0) is 30.2 Å². The summed E-state index contributed by atoms with van der Waals surface area (Å²) >= 11 is 0. The lowest BCUT2D eigenvalue weighted by atomic mass is 10.1. The van der Waals surface area contributed by atoms with Gasteiger partial charge in [0.05, 0.1) is 11.1 Å². The highest BCUT2D eigenvalue weighted by atomic mass is 16.1. The maximum absolute atomic E-state index is 12.6. The molecule has 3 heteroatoms. The molecule has 0 spiro atoms. The van der Waals surface area contributed by atoms with E-state index in [1.165, 1.54) is 5.56 Å². The van der Waals surface area contributed by atoms with Crippen molar-refractivity contribution in [2.24, 2.45) is 0 Å². The number of nitrogens with one attached hydrogen (secondary N) is 2. The van der Waals surface area contributed by atoms with Crippen molar-refractivity contribution in [1.29, 1.82) is 0 Å². The molecule has 2 N–H and O–H groups in total. The van der Waals surface area contributed by atoms with E-state index in [0.29, 0.717) is 5.56 Å². The molecule has 0 saturated carbocycles. The van der Waals surface area contributed by atoms with E-state index in [1.54, 1.807) is 0 Å². The Hall–Kier alpha value is -2.55. The van der Waals surface area contributed by atoms with Crippen LogP contribution in [0.3, 0.4) is 0 Å². The van der Waals surface area contributed by atoms with E-state index in [1.807, 2.05) is 48.7 Å². The number of aromatic amines is 1. The topological polar surface area (TPSA) is 44.9 Å². The average molecular weight is 278 g/mol. The highest BCUT2D eigenvalue weighted by Crippen LogP contribution is 2.21. The molecule has 0 aliphatic carbocycles. The Morgan fingerprint density at radius 1 is 1.10 bits per heavy atom. The van der Waals surface area contributed by atoms with E-state index >= 15 is 0 Å². The fourth-order valence-electron chi connectivity index (χ4n) is 2.59. The molecule has 1 amide bonds. The number of carbonyl (C=O) groups is 1. The first-order chi connectivity index (χ1) is 10.3. The van der Waals surface area contributed by atoms with Gasteiger partial charge < -0.3 is 10.3 Å². The van der Waals surface area contributed by atoms with Crippen molar-refractivity contribution in [2.75, 3.05) is 5.32 Å². The molecule has 3 rings (SSSR count). The van der Waals surface area contributed by atoms with Gasteiger partial charge in [0.2, 0.25) is 0 Å². The van der Waals surface area contributed by atoms with Crippen LogP contribution < -0.4 is 5.32 Å². The van der Waals surface area contributed by atoms with Crippen molar-refractivity contribution in [3.8, 4) is 0 Å². The van der Waals surface area contributed by atoms with Gasteiger partial charge in [-0.25, -0.2) is 0 Å². The second-order valence-electron chi connectivity index (χ2n) is 5.11. The molecule has 21 heavy (non-hydrogen) atoms. The average Bonchev–Trinajstić information content (AvgIpc) is 2.97. The molecule has 0 radical (unpaired) electrons. The normalized spacial score (nSPS) is 10.7. The molecule has 3 nitrogen and oxygen atoms in total. The summed E-state index contributed by atoms with van der Waals surface area (Å²) in [4.78, 5) is 15.7. The van der Waals surface area contributed by atoms with E-state index in [-0.39, 0.29) is 5.91 Å². The highest BCUT2D eigenvalue weighted by Gasteiger charge is 2.12. The van der Waals surface area contributed by atoms with Crippen LogP contribution in [0.4, 0.5) is 5.69 Å². The van der Waals surface area contributed by atoms with Crippen molar-refractivity contribution in [3.63, 3.8) is 0 Å². The Bertz CT molecular complexity index is 773. The van der Waals surface area contributed by atoms with Crippen LogP contribution in [-0.4, -0.2) is 10.9 Å². The number of rotatable bonds is 4. The zero-order chi connectivity index (χ0) is 14.7. The van der Waals surface area contributed by atoms with Gasteiger partial charge in [-0.1, -0.05) is 43.7 Å². The molecular formula is C18H18N2O. The fraction of sp³-hybridized carbons (Fsp3) is 0.167. The van der Waals surface area contributed by atoms with Gasteiger partial charge in [0, 0.05) is 17.3 Å². The van der Waals surface area contributed by atoms with Crippen molar-refractivity contribution in [1.82, 2.24) is 4.98 Å². The summed E-state index contributed by atoms with van der Waals surface area (Å²) in [6.45, 7) is 2.14. The Morgan fingerprint density at radius 3 is 2.81 bits per heavy atom. The van der Waals surface area contributed by atoms with E-state index in [9.17, 15) is 4.79 Å². The van der Waals surface area contributed by atoms with Gasteiger partial charge in [-0.15, -0.1) is 0 Å². The van der Waals surface area contributed by atoms with Gasteiger partial charge in [-0.3, -0.25) is 4.79 Å². The molecular weight excluding hydrogens is 260 g/mol. The minimum absolute atomic E-state index is 0.0772. The van der Waals surface area contributed by atoms with Gasteiger partial charge in [0.1, 0.15) is 0 Å². The molecule has 2 aromatic carbocycles. The number of benzene rings is 2. The quantitative estimate of drug-likeness (QED) is 0.731. The molecule has 0 aliphatic heterocycles. The van der Waals surface area contributed by atoms with Gasteiger partial charge >= 0.3 is 0 Å². The monoisotopic (exact) mass is 278 g/mol. The van der Waals surface area contributed by atoms with Crippen molar-refractivity contribution in [3.05, 3.63) is 65.9 Å². The van der Waals surface area contributed by atoms with E-state index in [0.717, 1.165) is 29.4 Å². The summed E-state index contributed by atoms with van der Waals surface area (Å²) in [5.74, 6) is -0.0772. The number of carbonyl (C=O) groups excluding carboxylic acids is 1. The molecule has 0 fully saturated rings. The predicted molar refractivity (Wildman–Crippen MR) is 86.7 cm³/mol. The lowest BCUT2D eigenvalue weighted by Gasteiger charge is -2.11. The SMILES string of the molecule is CCCc1ccccc1NC(=O)c1cccc2cc[nH]c12. The summed E-state index contributed by atoms with van der Waals surface area (Å²) in [7, 11) is 0. The highest BCUT2D eigenvalue weighted by molar-refractivity contribution is 6.12. The first kappa shape index (κ1) is 13.4. The lowest BCUT2D eigenvalue weighted by molar-refractivity contribution is 0.102. The third kappa shape index (κ3) is 2.68. The van der Waals surface area contributed by atoms with Crippen LogP contribution >= 0.6 is 0 Å². The second kappa shape index (κ2) is 5.83. The molecule has 0 unspecified atom stereocenters. The molecule has 0 saturated heterocycles. The predicted octanol–water partition coefficient (Wildman–Crippen LogP) is 4.37. The van der Waals surface area contributed by atoms with Crippen LogP contribution in [0.15, 0.2) is 54.7 Å². The lowest BCUT2D eigenvalue weighted by Crippen LogP contribution is -2.13. The number of aryl methyl sites for hydroxylation is 1. The number of anilines is 1. The molecule has 0 atom stereocenters. The third-order valence-electron chi connectivity index (χ3n) is 3.62. The van der Waals surface area contributed by atoms with E-state index in [4.69, 9.17) is 0 Å². The minimum Gasteiger partial charge on any atom is -0.361 e. The van der Waals surface area contributed by atoms with Crippen molar-refractivity contribution < 1.29 is 4.79 Å². The number of amides is 1. The first-order valence-electron chi connectivity index (χ1n) is 7.25. The Labute approximate surface area is 124 Å². The summed E-state index contributed by atoms with van der Waals surface area (Å²) in [5.41, 5.74) is 3.62. The Balaban J connectivity index is 1.92. The maximum Gasteiger partial charge on any atom is 0.257 e. The zero-order valence-electron chi connectivity index (χ0n) is 12.0. The molecule has 1 aromatic heterocycles. The van der Waals surface area contributed by atoms with E-state index in [2.05, 4.69) is 23.3 Å². The van der Waals surface area contributed by atoms with Gasteiger partial charge in [0.25, 0.3) is 5.91 Å². The van der Waals surface area contributed by atoms with Gasteiger partial charge in [0.15, 0.2) is 0 Å². The van der Waals surface area contributed by atoms with Crippen LogP contribution in [0.5, 0.6) is 0 Å². The fourth-order valence-corrected chi connectivity index (χ4v) is 2.59.